The number of hydrogen-bond donors (Lipinski definition) is 0. The predicted molar refractivity (Wildman–Crippen MR) is 101 cm³/mol. The van der Waals surface area contributed by atoms with Gasteiger partial charge in [-0.05, 0) is 24.3 Å². The second-order valence-electron chi connectivity index (χ2n) is 5.71. The molecule has 0 unspecified atom stereocenters. The molecule has 0 aliphatic carbocycles. The van der Waals surface area contributed by atoms with Gasteiger partial charge >= 0.3 is 0 Å². The normalized spacial score (nSPS) is 16.3. The van der Waals surface area contributed by atoms with E-state index < -0.39 is 0 Å². The van der Waals surface area contributed by atoms with Crippen LogP contribution >= 0.6 is 23.2 Å². The molecule has 2 heterocycles. The van der Waals surface area contributed by atoms with E-state index in [1.165, 1.54) is 12.1 Å². The highest BCUT2D eigenvalue weighted by atomic mass is 35.5. The molecule has 2 aliphatic heterocycles. The van der Waals surface area contributed by atoms with Crippen LogP contribution in [0.2, 0.25) is 5.02 Å². The van der Waals surface area contributed by atoms with E-state index in [2.05, 4.69) is 10.2 Å². The third-order valence-electron chi connectivity index (χ3n) is 4.13. The number of rotatable bonds is 2. The van der Waals surface area contributed by atoms with Gasteiger partial charge in [0.15, 0.2) is 5.84 Å². The smallest absolute Gasteiger partial charge is 0.154 e. The average molecular weight is 375 g/mol. The highest BCUT2D eigenvalue weighted by molar-refractivity contribution is 6.36. The Hall–Kier alpha value is -2.24. The van der Waals surface area contributed by atoms with Crippen LogP contribution in [0.15, 0.2) is 57.7 Å². The van der Waals surface area contributed by atoms with Crippen molar-refractivity contribution in [3.63, 3.8) is 0 Å². The molecule has 0 saturated carbocycles. The van der Waals surface area contributed by atoms with Gasteiger partial charge in [-0.15, -0.1) is 16.7 Å². The molecule has 2 aliphatic rings. The van der Waals surface area contributed by atoms with Crippen molar-refractivity contribution < 1.29 is 4.39 Å². The minimum atomic E-state index is -0.326. The standard InChI is InChI=1S/C18H13Cl2FN4/c19-8-12-10-25-16-7-11(21)5-6-14(16)18(22-9-17(25)24-23-12)13-3-1-2-4-15(13)20/h1-7H,8-10H2. The van der Waals surface area contributed by atoms with E-state index in [4.69, 9.17) is 28.2 Å². The van der Waals surface area contributed by atoms with E-state index in [0.29, 0.717) is 35.3 Å². The summed E-state index contributed by atoms with van der Waals surface area (Å²) in [6.07, 6.45) is 0. The minimum Gasteiger partial charge on any atom is -0.320 e. The summed E-state index contributed by atoms with van der Waals surface area (Å²) in [6.45, 7) is 0.792. The Kier molecular flexibility index (Phi) is 4.27. The maximum atomic E-state index is 14.0. The van der Waals surface area contributed by atoms with E-state index in [0.717, 1.165) is 16.8 Å². The Bertz CT molecular complexity index is 936. The summed E-state index contributed by atoms with van der Waals surface area (Å²) in [4.78, 5) is 6.61. The molecule has 126 valence electrons. The molecule has 0 N–H and O–H groups in total. The summed E-state index contributed by atoms with van der Waals surface area (Å²) in [5.74, 6) is 0.604. The van der Waals surface area contributed by atoms with Crippen LogP contribution in [0.25, 0.3) is 0 Å². The van der Waals surface area contributed by atoms with Crippen molar-refractivity contribution in [2.45, 2.75) is 0 Å². The van der Waals surface area contributed by atoms with Crippen LogP contribution in [0.3, 0.4) is 0 Å². The Balaban J connectivity index is 1.91. The van der Waals surface area contributed by atoms with Crippen molar-refractivity contribution in [2.75, 3.05) is 23.9 Å². The highest BCUT2D eigenvalue weighted by Gasteiger charge is 2.28. The lowest BCUT2D eigenvalue weighted by Crippen LogP contribution is -2.40. The molecule has 0 fully saturated rings. The fraction of sp³-hybridized carbons (Fsp3) is 0.167. The number of anilines is 1. The fourth-order valence-electron chi connectivity index (χ4n) is 2.94. The van der Waals surface area contributed by atoms with Crippen LogP contribution in [0.4, 0.5) is 10.1 Å². The number of hydrogen-bond acceptors (Lipinski definition) is 4. The molecule has 4 rings (SSSR count). The maximum absolute atomic E-state index is 14.0. The van der Waals surface area contributed by atoms with Gasteiger partial charge in [-0.25, -0.2) is 4.39 Å². The number of aliphatic imine (C=N–C) groups is 1. The quantitative estimate of drug-likeness (QED) is 0.728. The monoisotopic (exact) mass is 374 g/mol. The van der Waals surface area contributed by atoms with Gasteiger partial charge in [-0.2, -0.15) is 5.10 Å². The van der Waals surface area contributed by atoms with Gasteiger partial charge in [0.2, 0.25) is 0 Å². The SMILES string of the molecule is Fc1ccc2c(c1)N1CC(CCl)=NN=C1CN=C2c1ccccc1Cl. The van der Waals surface area contributed by atoms with Crippen molar-refractivity contribution in [3.8, 4) is 0 Å². The van der Waals surface area contributed by atoms with Gasteiger partial charge in [0, 0.05) is 16.1 Å². The molecule has 0 atom stereocenters. The van der Waals surface area contributed by atoms with Crippen LogP contribution in [0, 0.1) is 5.82 Å². The van der Waals surface area contributed by atoms with Crippen molar-refractivity contribution in [3.05, 3.63) is 64.4 Å². The molecule has 2 aromatic rings. The molecule has 7 heteroatoms. The lowest BCUT2D eigenvalue weighted by molar-refractivity contribution is 0.627. The van der Waals surface area contributed by atoms with Crippen LogP contribution in [-0.4, -0.2) is 36.2 Å². The Labute approximate surface area is 154 Å². The highest BCUT2D eigenvalue weighted by Crippen LogP contribution is 2.31. The first-order valence-electron chi connectivity index (χ1n) is 7.72. The van der Waals surface area contributed by atoms with Crippen LogP contribution in [-0.2, 0) is 0 Å². The third kappa shape index (κ3) is 2.94. The number of nitrogens with zero attached hydrogens (tertiary/aromatic N) is 4. The third-order valence-corrected chi connectivity index (χ3v) is 4.76. The van der Waals surface area contributed by atoms with E-state index in [1.54, 1.807) is 6.07 Å². The zero-order chi connectivity index (χ0) is 17.4. The van der Waals surface area contributed by atoms with E-state index in [9.17, 15) is 4.39 Å². The van der Waals surface area contributed by atoms with Crippen molar-refractivity contribution in [2.24, 2.45) is 15.2 Å². The van der Waals surface area contributed by atoms with Gasteiger partial charge in [-0.3, -0.25) is 4.99 Å². The number of amidine groups is 1. The maximum Gasteiger partial charge on any atom is 0.154 e. The summed E-state index contributed by atoms with van der Waals surface area (Å²) in [5, 5.41) is 8.95. The molecule has 0 bridgehead atoms. The van der Waals surface area contributed by atoms with E-state index in [-0.39, 0.29) is 11.7 Å². The molecule has 0 amide bonds. The molecule has 4 nitrogen and oxygen atoms in total. The van der Waals surface area contributed by atoms with Gasteiger partial charge in [-0.1, -0.05) is 29.8 Å². The van der Waals surface area contributed by atoms with E-state index >= 15 is 0 Å². The van der Waals surface area contributed by atoms with Crippen molar-refractivity contribution in [1.29, 1.82) is 0 Å². The van der Waals surface area contributed by atoms with Crippen molar-refractivity contribution >= 4 is 46.1 Å². The first kappa shape index (κ1) is 16.2. The molecule has 0 aromatic heterocycles. The Morgan fingerprint density at radius 3 is 2.72 bits per heavy atom. The zero-order valence-corrected chi connectivity index (χ0v) is 14.6. The molecular weight excluding hydrogens is 362 g/mol. The number of halogens is 3. The summed E-state index contributed by atoms with van der Waals surface area (Å²) >= 11 is 12.3. The Morgan fingerprint density at radius 1 is 1.08 bits per heavy atom. The summed E-state index contributed by atoms with van der Waals surface area (Å²) in [7, 11) is 0. The van der Waals surface area contributed by atoms with Gasteiger partial charge in [0.1, 0.15) is 5.82 Å². The van der Waals surface area contributed by atoms with E-state index in [1.807, 2.05) is 29.2 Å². The summed E-state index contributed by atoms with van der Waals surface area (Å²) in [6, 6.07) is 12.1. The van der Waals surface area contributed by atoms with Crippen LogP contribution < -0.4 is 4.90 Å². The topological polar surface area (TPSA) is 40.3 Å². The fourth-order valence-corrected chi connectivity index (χ4v) is 3.31. The largest absolute Gasteiger partial charge is 0.320 e. The number of alkyl halides is 1. The zero-order valence-electron chi connectivity index (χ0n) is 13.1. The van der Waals surface area contributed by atoms with Crippen LogP contribution in [0.1, 0.15) is 11.1 Å². The summed E-state index contributed by atoms with van der Waals surface area (Å²) < 4.78 is 14.0. The second kappa shape index (κ2) is 6.58. The van der Waals surface area contributed by atoms with Gasteiger partial charge < -0.3 is 4.90 Å². The molecular formula is C18H13Cl2FN4. The summed E-state index contributed by atoms with van der Waals surface area (Å²) in [5.41, 5.74) is 3.73. The molecule has 0 spiro atoms. The molecule has 0 radical (unpaired) electrons. The first-order valence-corrected chi connectivity index (χ1v) is 8.63. The van der Waals surface area contributed by atoms with Gasteiger partial charge in [0.25, 0.3) is 0 Å². The first-order chi connectivity index (χ1) is 12.2. The number of fused-ring (bicyclic) bond motifs is 3. The van der Waals surface area contributed by atoms with Gasteiger partial charge in [0.05, 0.1) is 36.1 Å². The predicted octanol–water partition coefficient (Wildman–Crippen LogP) is 4.14. The van der Waals surface area contributed by atoms with Crippen molar-refractivity contribution in [1.82, 2.24) is 0 Å². The molecule has 25 heavy (non-hydrogen) atoms. The Morgan fingerprint density at radius 2 is 1.92 bits per heavy atom. The lowest BCUT2D eigenvalue weighted by Gasteiger charge is -2.27. The number of benzene rings is 2. The molecule has 2 aromatic carbocycles. The molecule has 0 saturated heterocycles. The van der Waals surface area contributed by atoms with Crippen LogP contribution in [0.5, 0.6) is 0 Å². The average Bonchev–Trinajstić information content (AvgIpc) is 2.78. The minimum absolute atomic E-state index is 0.274. The lowest BCUT2D eigenvalue weighted by atomic mass is 10.00. The second-order valence-corrected chi connectivity index (χ2v) is 6.38.